The van der Waals surface area contributed by atoms with Gasteiger partial charge in [-0.15, -0.1) is 0 Å². The van der Waals surface area contributed by atoms with E-state index < -0.39 is 5.92 Å². The molecule has 0 spiro atoms. The van der Waals surface area contributed by atoms with Crippen LogP contribution in [0.25, 0.3) is 0 Å². The van der Waals surface area contributed by atoms with Crippen molar-refractivity contribution in [3.05, 3.63) is 48.0 Å². The van der Waals surface area contributed by atoms with Crippen LogP contribution < -0.4 is 17.1 Å². The predicted octanol–water partition coefficient (Wildman–Crippen LogP) is 3.40. The molecular weight excluding hydrogens is 376 g/mol. The van der Waals surface area contributed by atoms with Gasteiger partial charge in [0, 0.05) is 31.4 Å². The Morgan fingerprint density at radius 2 is 1.97 bits per heavy atom. The highest BCUT2D eigenvalue weighted by molar-refractivity contribution is 5.81. The quantitative estimate of drug-likeness (QED) is 0.131. The number of nitrogens with two attached hydrogens (primary N) is 2. The molecule has 29 heavy (non-hydrogen) atoms. The lowest BCUT2D eigenvalue weighted by Crippen LogP contribution is -2.32. The Morgan fingerprint density at radius 3 is 2.66 bits per heavy atom. The SMILES string of the molecule is N/N=C(/CCCCCCN1C(=O)CCC1/C=C/CC(F)(F)c1ccccc1)NN. The molecule has 0 bridgehead atoms. The number of carbonyl (C=O) groups excluding carboxylic acids is 1. The highest BCUT2D eigenvalue weighted by atomic mass is 19.3. The number of unbranched alkanes of at least 4 members (excludes halogenated alkanes) is 3. The molecule has 1 heterocycles. The van der Waals surface area contributed by atoms with Gasteiger partial charge in [-0.3, -0.25) is 4.79 Å². The molecule has 1 atom stereocenters. The Labute approximate surface area is 171 Å². The van der Waals surface area contributed by atoms with Gasteiger partial charge in [0.05, 0.1) is 6.04 Å². The summed E-state index contributed by atoms with van der Waals surface area (Å²) in [6.07, 6.45) is 8.49. The van der Waals surface area contributed by atoms with Crippen LogP contribution in [0.15, 0.2) is 47.6 Å². The minimum absolute atomic E-state index is 0.0108. The van der Waals surface area contributed by atoms with Gasteiger partial charge in [-0.1, -0.05) is 55.3 Å². The predicted molar refractivity (Wildman–Crippen MR) is 111 cm³/mol. The maximum atomic E-state index is 14.3. The summed E-state index contributed by atoms with van der Waals surface area (Å²) in [5, 5.41) is 3.54. The fraction of sp³-hybridized carbons (Fsp3) is 0.524. The number of hydrogen-bond donors (Lipinski definition) is 3. The summed E-state index contributed by atoms with van der Waals surface area (Å²) in [5.74, 6) is 8.22. The first-order chi connectivity index (χ1) is 14.0. The van der Waals surface area contributed by atoms with Crippen molar-refractivity contribution in [1.82, 2.24) is 10.3 Å². The summed E-state index contributed by atoms with van der Waals surface area (Å²) in [6.45, 7) is 0.649. The monoisotopic (exact) mass is 407 g/mol. The molecule has 1 amide bonds. The van der Waals surface area contributed by atoms with E-state index in [9.17, 15) is 13.6 Å². The number of nitrogens with zero attached hydrogens (tertiary/aromatic N) is 2. The second-order valence-electron chi connectivity index (χ2n) is 7.28. The second-order valence-corrected chi connectivity index (χ2v) is 7.28. The third-order valence-corrected chi connectivity index (χ3v) is 5.19. The maximum absolute atomic E-state index is 14.3. The number of amidine groups is 1. The van der Waals surface area contributed by atoms with Gasteiger partial charge in [-0.2, -0.15) is 5.10 Å². The third kappa shape index (κ3) is 7.12. The van der Waals surface area contributed by atoms with E-state index >= 15 is 0 Å². The van der Waals surface area contributed by atoms with Crippen LogP contribution in [0.2, 0.25) is 0 Å². The van der Waals surface area contributed by atoms with E-state index in [0.29, 0.717) is 31.6 Å². The molecule has 1 saturated heterocycles. The molecule has 160 valence electrons. The topological polar surface area (TPSA) is 96.7 Å². The van der Waals surface area contributed by atoms with E-state index in [1.54, 1.807) is 24.3 Å². The summed E-state index contributed by atoms with van der Waals surface area (Å²) >= 11 is 0. The number of rotatable bonds is 11. The van der Waals surface area contributed by atoms with Crippen LogP contribution in [0.4, 0.5) is 8.78 Å². The maximum Gasteiger partial charge on any atom is 0.276 e. The van der Waals surface area contributed by atoms with Gasteiger partial charge in [0.2, 0.25) is 5.91 Å². The third-order valence-electron chi connectivity index (χ3n) is 5.19. The molecule has 2 rings (SSSR count). The molecular formula is C21H31F2N5O. The van der Waals surface area contributed by atoms with Crippen LogP contribution in [-0.2, 0) is 10.7 Å². The molecule has 1 aromatic rings. The largest absolute Gasteiger partial charge is 0.336 e. The van der Waals surface area contributed by atoms with Crippen molar-refractivity contribution in [1.29, 1.82) is 0 Å². The number of hydrogen-bond acceptors (Lipinski definition) is 4. The van der Waals surface area contributed by atoms with Gasteiger partial charge < -0.3 is 16.2 Å². The van der Waals surface area contributed by atoms with Crippen molar-refractivity contribution in [3.63, 3.8) is 0 Å². The zero-order valence-corrected chi connectivity index (χ0v) is 16.7. The first kappa shape index (κ1) is 22.8. The number of allylic oxidation sites excluding steroid dienone is 1. The molecule has 1 unspecified atom stereocenters. The molecule has 1 fully saturated rings. The Kier molecular flexibility index (Phi) is 9.05. The minimum atomic E-state index is -2.91. The number of benzene rings is 1. The van der Waals surface area contributed by atoms with E-state index in [0.717, 1.165) is 25.7 Å². The second kappa shape index (κ2) is 11.5. The number of nitrogens with one attached hydrogen (secondary N) is 1. The van der Waals surface area contributed by atoms with Crippen molar-refractivity contribution in [2.45, 2.75) is 63.3 Å². The molecule has 6 nitrogen and oxygen atoms in total. The van der Waals surface area contributed by atoms with Gasteiger partial charge in [0.1, 0.15) is 5.84 Å². The highest BCUT2D eigenvalue weighted by Gasteiger charge is 2.31. The number of hydrazine groups is 1. The van der Waals surface area contributed by atoms with E-state index in [-0.39, 0.29) is 23.9 Å². The van der Waals surface area contributed by atoms with Crippen molar-refractivity contribution < 1.29 is 13.6 Å². The Bertz CT molecular complexity index is 694. The lowest BCUT2D eigenvalue weighted by Gasteiger charge is -2.23. The Balaban J connectivity index is 1.76. The molecule has 0 saturated carbocycles. The van der Waals surface area contributed by atoms with E-state index in [1.807, 2.05) is 4.90 Å². The first-order valence-electron chi connectivity index (χ1n) is 10.1. The number of likely N-dealkylation sites (tertiary alicyclic amines) is 1. The Morgan fingerprint density at radius 1 is 1.24 bits per heavy atom. The molecule has 1 aliphatic rings. The van der Waals surface area contributed by atoms with Gasteiger partial charge in [0.15, 0.2) is 0 Å². The zero-order valence-electron chi connectivity index (χ0n) is 16.7. The lowest BCUT2D eigenvalue weighted by molar-refractivity contribution is -0.128. The smallest absolute Gasteiger partial charge is 0.276 e. The summed E-state index contributed by atoms with van der Waals surface area (Å²) in [7, 11) is 0. The summed E-state index contributed by atoms with van der Waals surface area (Å²) < 4.78 is 28.5. The van der Waals surface area contributed by atoms with Crippen LogP contribution >= 0.6 is 0 Å². The van der Waals surface area contributed by atoms with Crippen LogP contribution in [0.3, 0.4) is 0 Å². The van der Waals surface area contributed by atoms with Crippen molar-refractivity contribution in [2.24, 2.45) is 16.8 Å². The van der Waals surface area contributed by atoms with E-state index in [2.05, 4.69) is 10.5 Å². The fourth-order valence-electron chi connectivity index (χ4n) is 3.52. The van der Waals surface area contributed by atoms with Crippen molar-refractivity contribution in [2.75, 3.05) is 6.54 Å². The summed E-state index contributed by atoms with van der Waals surface area (Å²) in [4.78, 5) is 14.0. The minimum Gasteiger partial charge on any atom is -0.336 e. The summed E-state index contributed by atoms with van der Waals surface area (Å²) in [6, 6.07) is 7.72. The standard InChI is InChI=1S/C21H31F2N5O/c22-21(23,17-9-4-3-5-10-17)15-8-11-18-13-14-20(29)28(18)16-7-2-1-6-12-19(26-24)27-25/h3-5,8-11,18H,1-2,6-7,12-16,24-25H2,(H,26,27)/b11-8+. The van der Waals surface area contributed by atoms with Gasteiger partial charge in [-0.05, 0) is 19.3 Å². The molecule has 1 aliphatic heterocycles. The van der Waals surface area contributed by atoms with Crippen molar-refractivity contribution >= 4 is 11.7 Å². The number of hydrazone groups is 1. The Hall–Kier alpha value is -2.48. The molecule has 0 aliphatic carbocycles. The molecule has 0 radical (unpaired) electrons. The molecule has 0 aromatic heterocycles. The number of alkyl halides is 2. The average molecular weight is 408 g/mol. The number of carbonyl (C=O) groups is 1. The number of amides is 1. The van der Waals surface area contributed by atoms with Gasteiger partial charge in [-0.25, -0.2) is 14.6 Å². The van der Waals surface area contributed by atoms with Gasteiger partial charge in [0.25, 0.3) is 5.92 Å². The normalized spacial score (nSPS) is 18.0. The van der Waals surface area contributed by atoms with Crippen LogP contribution in [0.1, 0.15) is 56.9 Å². The molecule has 1 aromatic carbocycles. The van der Waals surface area contributed by atoms with Crippen LogP contribution in [0, 0.1) is 0 Å². The average Bonchev–Trinajstić information content (AvgIpc) is 3.07. The highest BCUT2D eigenvalue weighted by Crippen LogP contribution is 2.32. The molecule has 5 N–H and O–H groups in total. The number of halogens is 2. The first-order valence-corrected chi connectivity index (χ1v) is 10.1. The van der Waals surface area contributed by atoms with E-state index in [1.165, 1.54) is 18.2 Å². The summed E-state index contributed by atoms with van der Waals surface area (Å²) in [5.41, 5.74) is 2.46. The van der Waals surface area contributed by atoms with Crippen LogP contribution in [-0.4, -0.2) is 29.2 Å². The van der Waals surface area contributed by atoms with Crippen LogP contribution in [0.5, 0.6) is 0 Å². The van der Waals surface area contributed by atoms with E-state index in [4.69, 9.17) is 11.7 Å². The fourth-order valence-corrected chi connectivity index (χ4v) is 3.52. The van der Waals surface area contributed by atoms with Gasteiger partial charge >= 0.3 is 0 Å². The van der Waals surface area contributed by atoms with Crippen molar-refractivity contribution in [3.8, 4) is 0 Å². The lowest BCUT2D eigenvalue weighted by atomic mass is 10.0. The zero-order chi connectivity index (χ0) is 21.1. The molecule has 8 heteroatoms.